The molecule has 16 heavy (non-hydrogen) atoms. The number of aromatic nitrogens is 1. The van der Waals surface area contributed by atoms with Crippen LogP contribution in [0.25, 0.3) is 0 Å². The van der Waals surface area contributed by atoms with Crippen molar-refractivity contribution in [3.8, 4) is 0 Å². The lowest BCUT2D eigenvalue weighted by Crippen LogP contribution is -1.95. The molecule has 0 fully saturated rings. The Morgan fingerprint density at radius 1 is 1.00 bits per heavy atom. The van der Waals surface area contributed by atoms with Crippen LogP contribution in [0.4, 0.5) is 26.0 Å². The maximum absolute atomic E-state index is 12.9. The van der Waals surface area contributed by atoms with Crippen LogP contribution in [0.15, 0.2) is 36.5 Å². The highest BCUT2D eigenvalue weighted by molar-refractivity contribution is 5.61. The Balaban J connectivity index is 2.24. The number of hydrogen-bond acceptors (Lipinski definition) is 3. The molecule has 1 aromatic heterocycles. The van der Waals surface area contributed by atoms with E-state index in [1.807, 2.05) is 0 Å². The van der Waals surface area contributed by atoms with Gasteiger partial charge in [-0.05, 0) is 18.2 Å². The lowest BCUT2D eigenvalue weighted by atomic mass is 10.3. The summed E-state index contributed by atoms with van der Waals surface area (Å²) >= 11 is 0. The first-order valence-corrected chi connectivity index (χ1v) is 4.59. The van der Waals surface area contributed by atoms with E-state index < -0.39 is 11.6 Å². The van der Waals surface area contributed by atoms with Crippen molar-refractivity contribution >= 4 is 17.2 Å². The van der Waals surface area contributed by atoms with Gasteiger partial charge >= 0.3 is 0 Å². The van der Waals surface area contributed by atoms with Crippen LogP contribution >= 0.6 is 0 Å². The van der Waals surface area contributed by atoms with Gasteiger partial charge in [0.05, 0.1) is 0 Å². The van der Waals surface area contributed by atoms with E-state index in [-0.39, 0.29) is 0 Å². The number of nitrogen functional groups attached to an aromatic ring is 1. The molecule has 0 atom stereocenters. The Morgan fingerprint density at radius 2 is 1.75 bits per heavy atom. The number of anilines is 3. The Hall–Kier alpha value is -2.17. The van der Waals surface area contributed by atoms with Crippen molar-refractivity contribution in [2.45, 2.75) is 0 Å². The largest absolute Gasteiger partial charge is 0.384 e. The minimum Gasteiger partial charge on any atom is -0.384 e. The highest BCUT2D eigenvalue weighted by Crippen LogP contribution is 2.19. The van der Waals surface area contributed by atoms with Crippen LogP contribution in [0.3, 0.4) is 0 Å². The van der Waals surface area contributed by atoms with Crippen LogP contribution in [-0.2, 0) is 0 Å². The van der Waals surface area contributed by atoms with Crippen LogP contribution in [0.1, 0.15) is 0 Å². The molecule has 0 spiro atoms. The lowest BCUT2D eigenvalue weighted by Gasteiger charge is -2.06. The predicted octanol–water partition coefficient (Wildman–Crippen LogP) is 2.69. The molecule has 2 aromatic rings. The fourth-order valence-corrected chi connectivity index (χ4v) is 1.27. The fraction of sp³-hybridized carbons (Fsp3) is 0. The quantitative estimate of drug-likeness (QED) is 0.819. The molecule has 0 saturated carbocycles. The van der Waals surface area contributed by atoms with Crippen LogP contribution in [0, 0.1) is 11.6 Å². The van der Waals surface area contributed by atoms with E-state index >= 15 is 0 Å². The summed E-state index contributed by atoms with van der Waals surface area (Å²) in [5.41, 5.74) is 6.59. The average Bonchev–Trinajstić information content (AvgIpc) is 2.24. The third kappa shape index (κ3) is 2.25. The minimum atomic E-state index is -0.896. The second-order valence-corrected chi connectivity index (χ2v) is 3.22. The second-order valence-electron chi connectivity index (χ2n) is 3.22. The number of nitrogens with zero attached hydrogens (tertiary/aromatic N) is 1. The topological polar surface area (TPSA) is 50.9 Å². The molecule has 5 heteroatoms. The lowest BCUT2D eigenvalue weighted by molar-refractivity contribution is 0.509. The molecule has 0 aliphatic rings. The monoisotopic (exact) mass is 221 g/mol. The van der Waals surface area contributed by atoms with Gasteiger partial charge in [0.2, 0.25) is 0 Å². The summed E-state index contributed by atoms with van der Waals surface area (Å²) in [4.78, 5) is 3.82. The zero-order valence-electron chi connectivity index (χ0n) is 8.24. The Kier molecular flexibility index (Phi) is 2.68. The van der Waals surface area contributed by atoms with Crippen molar-refractivity contribution in [3.63, 3.8) is 0 Å². The smallest absolute Gasteiger partial charge is 0.160 e. The van der Waals surface area contributed by atoms with Gasteiger partial charge in [0.15, 0.2) is 11.6 Å². The molecule has 0 radical (unpaired) electrons. The molecular formula is C11H9F2N3. The van der Waals surface area contributed by atoms with E-state index in [2.05, 4.69) is 10.3 Å². The number of hydrogen-bond donors (Lipinski definition) is 2. The van der Waals surface area contributed by atoms with Gasteiger partial charge in [-0.15, -0.1) is 0 Å². The molecule has 0 unspecified atom stereocenters. The van der Waals surface area contributed by atoms with Gasteiger partial charge in [-0.2, -0.15) is 0 Å². The van der Waals surface area contributed by atoms with Crippen molar-refractivity contribution in [3.05, 3.63) is 48.2 Å². The number of nitrogens with one attached hydrogen (secondary N) is 1. The fourth-order valence-electron chi connectivity index (χ4n) is 1.27. The molecule has 1 aromatic carbocycles. The predicted molar refractivity (Wildman–Crippen MR) is 58.3 cm³/mol. The normalized spacial score (nSPS) is 10.1. The standard InChI is InChI=1S/C11H9F2N3/c12-9-2-1-7(5-10(9)13)16-8-3-4-15-11(14)6-8/h1-6H,(H3,14,15,16). The maximum atomic E-state index is 12.9. The van der Waals surface area contributed by atoms with Gasteiger partial charge in [0, 0.05) is 29.7 Å². The van der Waals surface area contributed by atoms with Crippen LogP contribution in [0.2, 0.25) is 0 Å². The number of benzene rings is 1. The number of pyridine rings is 1. The molecular weight excluding hydrogens is 212 g/mol. The number of halogens is 2. The Morgan fingerprint density at radius 3 is 2.44 bits per heavy atom. The van der Waals surface area contributed by atoms with Gasteiger partial charge in [-0.25, -0.2) is 13.8 Å². The summed E-state index contributed by atoms with van der Waals surface area (Å²) < 4.78 is 25.6. The van der Waals surface area contributed by atoms with E-state index in [0.717, 1.165) is 12.1 Å². The van der Waals surface area contributed by atoms with E-state index in [1.165, 1.54) is 12.3 Å². The highest BCUT2D eigenvalue weighted by atomic mass is 19.2. The first-order chi connectivity index (χ1) is 7.65. The summed E-state index contributed by atoms with van der Waals surface area (Å²) in [6.45, 7) is 0. The summed E-state index contributed by atoms with van der Waals surface area (Å²) in [5.74, 6) is -1.42. The molecule has 3 nitrogen and oxygen atoms in total. The van der Waals surface area contributed by atoms with Gasteiger partial charge in [0.1, 0.15) is 5.82 Å². The zero-order chi connectivity index (χ0) is 11.5. The molecule has 0 saturated heterocycles. The molecule has 0 bridgehead atoms. The summed E-state index contributed by atoms with van der Waals surface area (Å²) in [5, 5.41) is 2.89. The third-order valence-corrected chi connectivity index (χ3v) is 1.99. The van der Waals surface area contributed by atoms with Gasteiger partial charge < -0.3 is 11.1 Å². The molecule has 3 N–H and O–H groups in total. The number of rotatable bonds is 2. The molecule has 0 aliphatic carbocycles. The number of nitrogens with two attached hydrogens (primary N) is 1. The van der Waals surface area contributed by atoms with Crippen LogP contribution < -0.4 is 11.1 Å². The van der Waals surface area contributed by atoms with Gasteiger partial charge in [-0.1, -0.05) is 0 Å². The van der Waals surface area contributed by atoms with Crippen molar-refractivity contribution in [2.75, 3.05) is 11.1 Å². The molecule has 1 heterocycles. The average molecular weight is 221 g/mol. The minimum absolute atomic E-state index is 0.354. The van der Waals surface area contributed by atoms with E-state index in [9.17, 15) is 8.78 Å². The van der Waals surface area contributed by atoms with E-state index in [4.69, 9.17) is 5.73 Å². The van der Waals surface area contributed by atoms with E-state index in [1.54, 1.807) is 12.1 Å². The van der Waals surface area contributed by atoms with Gasteiger partial charge in [-0.3, -0.25) is 0 Å². The summed E-state index contributed by atoms with van der Waals surface area (Å²) in [6, 6.07) is 6.85. The Bertz CT molecular complexity index is 514. The van der Waals surface area contributed by atoms with Crippen LogP contribution in [-0.4, -0.2) is 4.98 Å². The van der Waals surface area contributed by atoms with Crippen molar-refractivity contribution in [1.29, 1.82) is 0 Å². The molecule has 2 rings (SSSR count). The van der Waals surface area contributed by atoms with Crippen LogP contribution in [0.5, 0.6) is 0 Å². The maximum Gasteiger partial charge on any atom is 0.160 e. The van der Waals surface area contributed by atoms with E-state index in [0.29, 0.717) is 17.2 Å². The third-order valence-electron chi connectivity index (χ3n) is 1.99. The first kappa shape index (κ1) is 10.4. The van der Waals surface area contributed by atoms with Gasteiger partial charge in [0.25, 0.3) is 0 Å². The second kappa shape index (κ2) is 4.14. The SMILES string of the molecule is Nc1cc(Nc2ccc(F)c(F)c2)ccn1. The van der Waals surface area contributed by atoms with Crippen molar-refractivity contribution in [2.24, 2.45) is 0 Å². The first-order valence-electron chi connectivity index (χ1n) is 4.59. The Labute approximate surface area is 90.9 Å². The molecule has 82 valence electrons. The van der Waals surface area contributed by atoms with Crippen molar-refractivity contribution in [1.82, 2.24) is 4.98 Å². The highest BCUT2D eigenvalue weighted by Gasteiger charge is 2.02. The molecule has 0 amide bonds. The summed E-state index contributed by atoms with van der Waals surface area (Å²) in [7, 11) is 0. The molecule has 0 aliphatic heterocycles. The summed E-state index contributed by atoms with van der Waals surface area (Å²) in [6.07, 6.45) is 1.53. The van der Waals surface area contributed by atoms with Crippen molar-refractivity contribution < 1.29 is 8.78 Å². The zero-order valence-corrected chi connectivity index (χ0v) is 8.24.